The van der Waals surface area contributed by atoms with Gasteiger partial charge in [0.25, 0.3) is 5.56 Å². The van der Waals surface area contributed by atoms with Gasteiger partial charge in [0.05, 0.1) is 5.69 Å². The van der Waals surface area contributed by atoms with Crippen LogP contribution in [0, 0.1) is 0 Å². The third-order valence-corrected chi connectivity index (χ3v) is 2.11. The average molecular weight is 224 g/mol. The third kappa shape index (κ3) is 1.82. The van der Waals surface area contributed by atoms with Crippen LogP contribution in [0.1, 0.15) is 0 Å². The standard InChI is InChI=1S/C9H6ClN3O2/c10-8-6(2-1-4-11-8)13-5-3-7(14)12-9(13)15/h1-5H,(H,12,14,15). The minimum Gasteiger partial charge on any atom is -0.274 e. The maximum atomic E-state index is 11.4. The summed E-state index contributed by atoms with van der Waals surface area (Å²) in [5, 5.41) is 0.201. The maximum Gasteiger partial charge on any atom is 0.333 e. The first-order valence-corrected chi connectivity index (χ1v) is 4.49. The van der Waals surface area contributed by atoms with Crippen molar-refractivity contribution in [1.82, 2.24) is 14.5 Å². The summed E-state index contributed by atoms with van der Waals surface area (Å²) in [6.07, 6.45) is 2.87. The molecule has 1 N–H and O–H groups in total. The Balaban J connectivity index is 2.70. The number of pyridine rings is 1. The van der Waals surface area contributed by atoms with Crippen LogP contribution in [0.5, 0.6) is 0 Å². The van der Waals surface area contributed by atoms with Crippen LogP contribution >= 0.6 is 11.6 Å². The summed E-state index contributed by atoms with van der Waals surface area (Å²) < 4.78 is 1.22. The molecule has 0 atom stereocenters. The van der Waals surface area contributed by atoms with Crippen LogP contribution in [-0.4, -0.2) is 14.5 Å². The Hall–Kier alpha value is -1.88. The lowest BCUT2D eigenvalue weighted by Crippen LogP contribution is -2.27. The van der Waals surface area contributed by atoms with Gasteiger partial charge in [0.1, 0.15) is 0 Å². The molecule has 0 aromatic carbocycles. The molecule has 0 aliphatic carbocycles. The number of aromatic amines is 1. The van der Waals surface area contributed by atoms with E-state index in [1.54, 1.807) is 12.1 Å². The van der Waals surface area contributed by atoms with Gasteiger partial charge in [-0.05, 0) is 12.1 Å². The molecule has 15 heavy (non-hydrogen) atoms. The first-order valence-electron chi connectivity index (χ1n) is 4.11. The van der Waals surface area contributed by atoms with Gasteiger partial charge in [-0.25, -0.2) is 9.78 Å². The van der Waals surface area contributed by atoms with Crippen molar-refractivity contribution in [3.8, 4) is 5.69 Å². The average Bonchev–Trinajstić information content (AvgIpc) is 2.20. The Morgan fingerprint density at radius 2 is 2.13 bits per heavy atom. The fourth-order valence-electron chi connectivity index (χ4n) is 1.16. The Labute approximate surface area is 89.0 Å². The maximum absolute atomic E-state index is 11.4. The number of aromatic nitrogens is 3. The second kappa shape index (κ2) is 3.70. The summed E-state index contributed by atoms with van der Waals surface area (Å²) in [6, 6.07) is 4.53. The lowest BCUT2D eigenvalue weighted by molar-refractivity contribution is 0.891. The molecule has 2 heterocycles. The third-order valence-electron chi connectivity index (χ3n) is 1.82. The summed E-state index contributed by atoms with van der Waals surface area (Å²) in [6.45, 7) is 0. The van der Waals surface area contributed by atoms with E-state index in [0.29, 0.717) is 5.69 Å². The number of nitrogens with zero attached hydrogens (tertiary/aromatic N) is 2. The second-order valence-corrected chi connectivity index (χ2v) is 3.15. The number of hydrogen-bond acceptors (Lipinski definition) is 3. The molecule has 5 nitrogen and oxygen atoms in total. The molecule has 6 heteroatoms. The van der Waals surface area contributed by atoms with Crippen LogP contribution in [-0.2, 0) is 0 Å². The highest BCUT2D eigenvalue weighted by Crippen LogP contribution is 2.13. The molecule has 0 saturated carbocycles. The Morgan fingerprint density at radius 3 is 2.80 bits per heavy atom. The molecule has 2 aromatic heterocycles. The zero-order valence-corrected chi connectivity index (χ0v) is 8.23. The smallest absolute Gasteiger partial charge is 0.274 e. The van der Waals surface area contributed by atoms with E-state index in [1.807, 2.05) is 0 Å². The van der Waals surface area contributed by atoms with Crippen LogP contribution in [0.25, 0.3) is 5.69 Å². The van der Waals surface area contributed by atoms with Gasteiger partial charge in [0.15, 0.2) is 5.15 Å². The summed E-state index contributed by atoms with van der Waals surface area (Å²) in [5.41, 5.74) is -0.561. The Morgan fingerprint density at radius 1 is 1.33 bits per heavy atom. The van der Waals surface area contributed by atoms with Gasteiger partial charge in [-0.2, -0.15) is 0 Å². The minimum absolute atomic E-state index is 0.201. The van der Waals surface area contributed by atoms with Crippen LogP contribution < -0.4 is 11.2 Å². The molecule has 0 spiro atoms. The van der Waals surface area contributed by atoms with Crippen molar-refractivity contribution in [2.45, 2.75) is 0 Å². The highest BCUT2D eigenvalue weighted by atomic mass is 35.5. The summed E-state index contributed by atoms with van der Waals surface area (Å²) >= 11 is 5.81. The minimum atomic E-state index is -0.544. The molecule has 76 valence electrons. The molecule has 0 saturated heterocycles. The lowest BCUT2D eigenvalue weighted by Gasteiger charge is -2.04. The largest absolute Gasteiger partial charge is 0.333 e. The Bertz CT molecular complexity index is 603. The first-order chi connectivity index (χ1) is 7.18. The SMILES string of the molecule is O=c1ccn(-c2cccnc2Cl)c(=O)[nH]1. The molecule has 0 radical (unpaired) electrons. The molecular formula is C9H6ClN3O2. The van der Waals surface area contributed by atoms with E-state index in [2.05, 4.69) is 9.97 Å². The number of nitrogens with one attached hydrogen (secondary N) is 1. The van der Waals surface area contributed by atoms with E-state index >= 15 is 0 Å². The highest BCUT2D eigenvalue weighted by molar-refractivity contribution is 6.31. The predicted molar refractivity (Wildman–Crippen MR) is 55.5 cm³/mol. The number of halogens is 1. The summed E-state index contributed by atoms with van der Waals surface area (Å²) in [7, 11) is 0. The van der Waals surface area contributed by atoms with E-state index in [9.17, 15) is 9.59 Å². The zero-order chi connectivity index (χ0) is 10.8. The molecule has 0 aliphatic rings. The molecule has 0 amide bonds. The fourth-order valence-corrected chi connectivity index (χ4v) is 1.37. The van der Waals surface area contributed by atoms with E-state index in [-0.39, 0.29) is 5.15 Å². The number of hydrogen-bond donors (Lipinski definition) is 1. The molecule has 2 aromatic rings. The Kier molecular flexibility index (Phi) is 2.39. The molecule has 0 bridgehead atoms. The van der Waals surface area contributed by atoms with Crippen molar-refractivity contribution in [2.75, 3.05) is 0 Å². The number of rotatable bonds is 1. The normalized spacial score (nSPS) is 10.2. The topological polar surface area (TPSA) is 67.8 Å². The van der Waals surface area contributed by atoms with Gasteiger partial charge >= 0.3 is 5.69 Å². The van der Waals surface area contributed by atoms with E-state index in [0.717, 1.165) is 0 Å². The monoisotopic (exact) mass is 223 g/mol. The van der Waals surface area contributed by atoms with Gasteiger partial charge in [-0.3, -0.25) is 14.3 Å². The van der Waals surface area contributed by atoms with Gasteiger partial charge in [0.2, 0.25) is 0 Å². The van der Waals surface area contributed by atoms with Gasteiger partial charge < -0.3 is 0 Å². The molecule has 0 aliphatic heterocycles. The van der Waals surface area contributed by atoms with Gasteiger partial charge in [0, 0.05) is 18.5 Å². The number of H-pyrrole nitrogens is 1. The van der Waals surface area contributed by atoms with E-state index in [4.69, 9.17) is 11.6 Å². The quantitative estimate of drug-likeness (QED) is 0.719. The summed E-state index contributed by atoms with van der Waals surface area (Å²) in [4.78, 5) is 28.2. The van der Waals surface area contributed by atoms with Gasteiger partial charge in [-0.1, -0.05) is 11.6 Å². The summed E-state index contributed by atoms with van der Waals surface area (Å²) in [5.74, 6) is 0. The molecule has 0 unspecified atom stereocenters. The van der Waals surface area contributed by atoms with Gasteiger partial charge in [-0.15, -0.1) is 0 Å². The van der Waals surface area contributed by atoms with Crippen molar-refractivity contribution >= 4 is 11.6 Å². The van der Waals surface area contributed by atoms with E-state index in [1.165, 1.54) is 23.0 Å². The molecule has 0 fully saturated rings. The van der Waals surface area contributed by atoms with E-state index < -0.39 is 11.2 Å². The van der Waals surface area contributed by atoms with Crippen molar-refractivity contribution in [3.63, 3.8) is 0 Å². The van der Waals surface area contributed by atoms with Crippen molar-refractivity contribution in [1.29, 1.82) is 0 Å². The van der Waals surface area contributed by atoms with Crippen molar-refractivity contribution < 1.29 is 0 Å². The zero-order valence-electron chi connectivity index (χ0n) is 7.48. The van der Waals surface area contributed by atoms with Crippen LogP contribution in [0.2, 0.25) is 5.15 Å². The molecular weight excluding hydrogens is 218 g/mol. The highest BCUT2D eigenvalue weighted by Gasteiger charge is 2.04. The lowest BCUT2D eigenvalue weighted by atomic mass is 10.4. The second-order valence-electron chi connectivity index (χ2n) is 2.79. The predicted octanol–water partition coefficient (Wildman–Crippen LogP) is 0.574. The van der Waals surface area contributed by atoms with Crippen LogP contribution in [0.4, 0.5) is 0 Å². The van der Waals surface area contributed by atoms with Crippen molar-refractivity contribution in [3.05, 3.63) is 56.6 Å². The van der Waals surface area contributed by atoms with Crippen molar-refractivity contribution in [2.24, 2.45) is 0 Å². The molecule has 2 rings (SSSR count). The first kappa shape index (κ1) is 9.67. The van der Waals surface area contributed by atoms with Crippen LogP contribution in [0.3, 0.4) is 0 Å². The van der Waals surface area contributed by atoms with Crippen LogP contribution in [0.15, 0.2) is 40.2 Å². The fraction of sp³-hybridized carbons (Fsp3) is 0.